The molecule has 0 aromatic heterocycles. The van der Waals surface area contributed by atoms with Crippen LogP contribution in [0.4, 0.5) is 0 Å². The van der Waals surface area contributed by atoms with E-state index in [4.69, 9.17) is 10.9 Å². The minimum absolute atomic E-state index is 0.163. The summed E-state index contributed by atoms with van der Waals surface area (Å²) in [6.45, 7) is 5.11. The summed E-state index contributed by atoms with van der Waals surface area (Å²) in [4.78, 5) is 2.11. The normalized spacial score (nSPS) is 20.2. The van der Waals surface area contributed by atoms with Gasteiger partial charge in [0.1, 0.15) is 5.84 Å². The Morgan fingerprint density at radius 3 is 2.44 bits per heavy atom. The van der Waals surface area contributed by atoms with E-state index >= 15 is 0 Å². The molecule has 94 valence electrons. The Balaban J connectivity index is 2.42. The zero-order valence-corrected chi connectivity index (χ0v) is 10.4. The van der Waals surface area contributed by atoms with Crippen LogP contribution in [-0.4, -0.2) is 46.8 Å². The third-order valence-corrected chi connectivity index (χ3v) is 2.90. The van der Waals surface area contributed by atoms with Crippen LogP contribution in [0.25, 0.3) is 0 Å². The fourth-order valence-corrected chi connectivity index (χ4v) is 2.28. The summed E-state index contributed by atoms with van der Waals surface area (Å²) in [5.41, 5.74) is 5.02. The summed E-state index contributed by atoms with van der Waals surface area (Å²) >= 11 is 0. The van der Waals surface area contributed by atoms with Gasteiger partial charge >= 0.3 is 0 Å². The lowest BCUT2D eigenvalue weighted by Gasteiger charge is -2.28. The van der Waals surface area contributed by atoms with Gasteiger partial charge in [-0.05, 0) is 39.2 Å². The van der Waals surface area contributed by atoms with E-state index in [1.807, 2.05) is 7.05 Å². The van der Waals surface area contributed by atoms with Crippen LogP contribution in [0.5, 0.6) is 0 Å². The standard InChI is InChI=1S/C11H23N3O2/c1-10(2,15)7-14(3)8-11(4-5-11)6-9(12)13-16/h15-16H,4-8H2,1-3H3,(H2,12,13). The van der Waals surface area contributed by atoms with Crippen molar-refractivity contribution in [3.05, 3.63) is 0 Å². The van der Waals surface area contributed by atoms with Crippen molar-refractivity contribution in [2.24, 2.45) is 16.3 Å². The van der Waals surface area contributed by atoms with Gasteiger partial charge in [0.05, 0.1) is 5.60 Å². The lowest BCUT2D eigenvalue weighted by molar-refractivity contribution is 0.0391. The van der Waals surface area contributed by atoms with E-state index in [2.05, 4.69) is 10.1 Å². The number of aliphatic hydroxyl groups is 1. The first-order valence-electron chi connectivity index (χ1n) is 5.64. The van der Waals surface area contributed by atoms with Gasteiger partial charge in [0.2, 0.25) is 0 Å². The predicted molar refractivity (Wildman–Crippen MR) is 63.5 cm³/mol. The lowest BCUT2D eigenvalue weighted by atomic mass is 10.0. The maximum Gasteiger partial charge on any atom is 0.139 e. The highest BCUT2D eigenvalue weighted by atomic mass is 16.4. The van der Waals surface area contributed by atoms with E-state index in [-0.39, 0.29) is 5.41 Å². The summed E-state index contributed by atoms with van der Waals surface area (Å²) in [5, 5.41) is 21.3. The maximum atomic E-state index is 9.70. The van der Waals surface area contributed by atoms with Crippen LogP contribution in [0, 0.1) is 5.41 Å². The summed E-state index contributed by atoms with van der Waals surface area (Å²) in [6.07, 6.45) is 2.86. The molecule has 5 nitrogen and oxygen atoms in total. The number of oxime groups is 1. The van der Waals surface area contributed by atoms with Crippen LogP contribution in [-0.2, 0) is 0 Å². The van der Waals surface area contributed by atoms with Crippen molar-refractivity contribution in [3.8, 4) is 0 Å². The van der Waals surface area contributed by atoms with E-state index in [1.54, 1.807) is 13.8 Å². The molecule has 0 saturated heterocycles. The molecule has 4 N–H and O–H groups in total. The molecule has 0 aromatic carbocycles. The summed E-state index contributed by atoms with van der Waals surface area (Å²) < 4.78 is 0. The molecule has 1 aliphatic rings. The Morgan fingerprint density at radius 2 is 2.06 bits per heavy atom. The third kappa shape index (κ3) is 4.37. The van der Waals surface area contributed by atoms with Gasteiger partial charge in [0.25, 0.3) is 0 Å². The first-order valence-corrected chi connectivity index (χ1v) is 5.64. The van der Waals surface area contributed by atoms with E-state index in [9.17, 15) is 5.11 Å². The molecule has 0 bridgehead atoms. The number of hydrogen-bond donors (Lipinski definition) is 3. The first kappa shape index (κ1) is 13.3. The second kappa shape index (κ2) is 4.59. The summed E-state index contributed by atoms with van der Waals surface area (Å²) in [5.74, 6) is 0.300. The largest absolute Gasteiger partial charge is 0.409 e. The molecule has 0 atom stereocenters. The summed E-state index contributed by atoms with van der Waals surface area (Å²) in [6, 6.07) is 0. The number of likely N-dealkylation sites (N-methyl/N-ethyl adjacent to an activating group) is 1. The van der Waals surface area contributed by atoms with E-state index in [1.165, 1.54) is 0 Å². The number of hydrogen-bond acceptors (Lipinski definition) is 4. The molecular weight excluding hydrogens is 206 g/mol. The first-order chi connectivity index (χ1) is 7.26. The third-order valence-electron chi connectivity index (χ3n) is 2.90. The van der Waals surface area contributed by atoms with Crippen molar-refractivity contribution in [2.45, 2.75) is 38.7 Å². The molecule has 0 spiro atoms. The molecule has 1 fully saturated rings. The smallest absolute Gasteiger partial charge is 0.139 e. The zero-order chi connectivity index (χ0) is 12.4. The molecule has 16 heavy (non-hydrogen) atoms. The van der Waals surface area contributed by atoms with Crippen molar-refractivity contribution in [1.29, 1.82) is 0 Å². The van der Waals surface area contributed by atoms with Crippen molar-refractivity contribution in [1.82, 2.24) is 4.90 Å². The molecule has 1 aliphatic carbocycles. The van der Waals surface area contributed by atoms with Gasteiger partial charge in [-0.1, -0.05) is 5.16 Å². The van der Waals surface area contributed by atoms with Gasteiger partial charge < -0.3 is 20.9 Å². The molecule has 0 radical (unpaired) electrons. The molecule has 0 aliphatic heterocycles. The highest BCUT2D eigenvalue weighted by molar-refractivity contribution is 5.80. The van der Waals surface area contributed by atoms with Crippen molar-refractivity contribution in [2.75, 3.05) is 20.1 Å². The van der Waals surface area contributed by atoms with Crippen molar-refractivity contribution >= 4 is 5.84 Å². The topological polar surface area (TPSA) is 82.1 Å². The minimum atomic E-state index is -0.679. The fraction of sp³-hybridized carbons (Fsp3) is 0.909. The second-order valence-corrected chi connectivity index (χ2v) is 5.75. The van der Waals surface area contributed by atoms with E-state index in [0.29, 0.717) is 18.8 Å². The van der Waals surface area contributed by atoms with Crippen LogP contribution in [0.1, 0.15) is 33.1 Å². The molecule has 1 rings (SSSR count). The zero-order valence-electron chi connectivity index (χ0n) is 10.4. The number of nitrogens with two attached hydrogens (primary N) is 1. The quantitative estimate of drug-likeness (QED) is 0.270. The molecule has 0 heterocycles. The average molecular weight is 229 g/mol. The van der Waals surface area contributed by atoms with E-state index < -0.39 is 5.60 Å². The number of nitrogens with zero attached hydrogens (tertiary/aromatic N) is 2. The Kier molecular flexibility index (Phi) is 3.80. The molecule has 0 aromatic rings. The molecule has 0 unspecified atom stereocenters. The van der Waals surface area contributed by atoms with E-state index in [0.717, 1.165) is 19.4 Å². The molecule has 0 amide bonds. The predicted octanol–water partition coefficient (Wildman–Crippen LogP) is 0.606. The Bertz CT molecular complexity index is 267. The molecular formula is C11H23N3O2. The van der Waals surface area contributed by atoms with Gasteiger partial charge in [-0.15, -0.1) is 0 Å². The second-order valence-electron chi connectivity index (χ2n) is 5.75. The molecule has 5 heteroatoms. The number of rotatable bonds is 6. The van der Waals surface area contributed by atoms with Gasteiger partial charge in [0.15, 0.2) is 0 Å². The van der Waals surface area contributed by atoms with Gasteiger partial charge in [-0.3, -0.25) is 0 Å². The molecule has 1 saturated carbocycles. The lowest BCUT2D eigenvalue weighted by Crippen LogP contribution is -2.39. The highest BCUT2D eigenvalue weighted by Gasteiger charge is 2.44. The van der Waals surface area contributed by atoms with Crippen molar-refractivity contribution in [3.63, 3.8) is 0 Å². The summed E-state index contributed by atoms with van der Waals surface area (Å²) in [7, 11) is 1.99. The van der Waals surface area contributed by atoms with Crippen molar-refractivity contribution < 1.29 is 10.3 Å². The van der Waals surface area contributed by atoms with Gasteiger partial charge in [-0.25, -0.2) is 0 Å². The monoisotopic (exact) mass is 229 g/mol. The Labute approximate surface area is 96.9 Å². The van der Waals surface area contributed by atoms with Crippen LogP contribution in [0.3, 0.4) is 0 Å². The van der Waals surface area contributed by atoms with Gasteiger partial charge in [-0.2, -0.15) is 0 Å². The van der Waals surface area contributed by atoms with Crippen LogP contribution in [0.15, 0.2) is 5.16 Å². The maximum absolute atomic E-state index is 9.70. The SMILES string of the molecule is CN(CC(C)(C)O)CC1(CC(N)=NO)CC1. The van der Waals surface area contributed by atoms with Crippen LogP contribution < -0.4 is 5.73 Å². The van der Waals surface area contributed by atoms with Crippen LogP contribution >= 0.6 is 0 Å². The fourth-order valence-electron chi connectivity index (χ4n) is 2.28. The van der Waals surface area contributed by atoms with Gasteiger partial charge in [0, 0.05) is 19.5 Å². The average Bonchev–Trinajstić information content (AvgIpc) is 2.80. The van der Waals surface area contributed by atoms with Crippen LogP contribution in [0.2, 0.25) is 0 Å². The number of amidine groups is 1. The Morgan fingerprint density at radius 1 is 1.50 bits per heavy atom. The Hall–Kier alpha value is -0.810. The highest BCUT2D eigenvalue weighted by Crippen LogP contribution is 2.49. The minimum Gasteiger partial charge on any atom is -0.409 e.